The predicted molar refractivity (Wildman–Crippen MR) is 53.5 cm³/mol. The Labute approximate surface area is 80.0 Å². The van der Waals surface area contributed by atoms with Crippen LogP contribution in [0.4, 0.5) is 0 Å². The molecule has 0 radical (unpaired) electrons. The monoisotopic (exact) mass is 182 g/mol. The summed E-state index contributed by atoms with van der Waals surface area (Å²) in [6.45, 7) is 9.19. The minimum absolute atomic E-state index is 0.00749. The van der Waals surface area contributed by atoms with Gasteiger partial charge < -0.3 is 0 Å². The van der Waals surface area contributed by atoms with Crippen LogP contribution in [0.1, 0.15) is 40.0 Å². The number of Topliss-reactive ketones (excluding diaryl/α,β-unsaturated/α-hetero) is 2. The fourth-order valence-corrected chi connectivity index (χ4v) is 0.930. The number of carbonyl (C=O) groups is 2. The lowest BCUT2D eigenvalue weighted by molar-refractivity contribution is -0.126. The number of rotatable bonds is 6. The van der Waals surface area contributed by atoms with Crippen LogP contribution in [0.25, 0.3) is 0 Å². The van der Waals surface area contributed by atoms with Gasteiger partial charge in [0.1, 0.15) is 11.6 Å². The Morgan fingerprint density at radius 3 is 2.31 bits per heavy atom. The summed E-state index contributed by atoms with van der Waals surface area (Å²) in [4.78, 5) is 21.8. The molecule has 74 valence electrons. The first-order valence-corrected chi connectivity index (χ1v) is 4.52. The predicted octanol–water partition coefficient (Wildman–Crippen LogP) is 2.53. The van der Waals surface area contributed by atoms with Crippen LogP contribution in [0.15, 0.2) is 12.7 Å². The molecule has 0 saturated carbocycles. The van der Waals surface area contributed by atoms with E-state index in [4.69, 9.17) is 0 Å². The van der Waals surface area contributed by atoms with E-state index in [0.29, 0.717) is 6.42 Å². The van der Waals surface area contributed by atoms with Crippen LogP contribution in [-0.4, -0.2) is 11.6 Å². The molecule has 0 aliphatic rings. The normalized spacial score (nSPS) is 11.0. The van der Waals surface area contributed by atoms with Crippen molar-refractivity contribution in [3.63, 3.8) is 0 Å². The van der Waals surface area contributed by atoms with E-state index in [2.05, 4.69) is 6.58 Å². The molecule has 0 aliphatic carbocycles. The molecular formula is C11H18O2. The number of ketones is 2. The van der Waals surface area contributed by atoms with Crippen molar-refractivity contribution in [2.75, 3.05) is 0 Å². The molecule has 0 fully saturated rings. The van der Waals surface area contributed by atoms with E-state index in [-0.39, 0.29) is 23.4 Å². The molecule has 0 spiro atoms. The molecule has 0 N–H and O–H groups in total. The first kappa shape index (κ1) is 12.1. The Bertz CT molecular complexity index is 214. The lowest BCUT2D eigenvalue weighted by Crippen LogP contribution is -2.11. The van der Waals surface area contributed by atoms with Crippen LogP contribution in [-0.2, 0) is 9.59 Å². The van der Waals surface area contributed by atoms with Crippen LogP contribution >= 0.6 is 0 Å². The molecule has 2 nitrogen and oxygen atoms in total. The van der Waals surface area contributed by atoms with Crippen LogP contribution in [0.3, 0.4) is 0 Å². The summed E-state index contributed by atoms with van der Waals surface area (Å²) in [5, 5.41) is 0. The van der Waals surface area contributed by atoms with Crippen molar-refractivity contribution < 1.29 is 9.59 Å². The largest absolute Gasteiger partial charge is 0.300 e. The van der Waals surface area contributed by atoms with Gasteiger partial charge in [-0.05, 0) is 18.8 Å². The van der Waals surface area contributed by atoms with E-state index >= 15 is 0 Å². The van der Waals surface area contributed by atoms with E-state index in [1.165, 1.54) is 6.92 Å². The van der Waals surface area contributed by atoms with Crippen molar-refractivity contribution in [1.82, 2.24) is 0 Å². The van der Waals surface area contributed by atoms with Crippen LogP contribution in [0.5, 0.6) is 0 Å². The van der Waals surface area contributed by atoms with Crippen molar-refractivity contribution in [2.45, 2.75) is 40.0 Å². The molecule has 0 heterocycles. The number of hydrogen-bond acceptors (Lipinski definition) is 2. The molecule has 0 saturated heterocycles. The molecule has 0 aliphatic heterocycles. The molecule has 0 aromatic rings. The van der Waals surface area contributed by atoms with E-state index in [0.717, 1.165) is 6.42 Å². The number of allylic oxidation sites excluding steroid dienone is 1. The van der Waals surface area contributed by atoms with E-state index < -0.39 is 0 Å². The van der Waals surface area contributed by atoms with Gasteiger partial charge in [-0.1, -0.05) is 19.9 Å². The second-order valence-electron chi connectivity index (χ2n) is 4.11. The summed E-state index contributed by atoms with van der Waals surface area (Å²) >= 11 is 0. The quantitative estimate of drug-likeness (QED) is 0.467. The lowest BCUT2D eigenvalue weighted by Gasteiger charge is -2.18. The van der Waals surface area contributed by atoms with E-state index in [9.17, 15) is 9.59 Å². The van der Waals surface area contributed by atoms with Gasteiger partial charge in [-0.2, -0.15) is 0 Å². The fraction of sp³-hybridized carbons (Fsp3) is 0.636. The van der Waals surface area contributed by atoms with Crippen molar-refractivity contribution in [3.8, 4) is 0 Å². The summed E-state index contributed by atoms with van der Waals surface area (Å²) in [6.07, 6.45) is 3.16. The Balaban J connectivity index is 3.83. The summed E-state index contributed by atoms with van der Waals surface area (Å²) in [7, 11) is 0. The van der Waals surface area contributed by atoms with E-state index in [1.807, 2.05) is 19.9 Å². The Morgan fingerprint density at radius 2 is 1.92 bits per heavy atom. The molecule has 0 unspecified atom stereocenters. The summed E-state index contributed by atoms with van der Waals surface area (Å²) in [5.74, 6) is -0.0242. The third-order valence-corrected chi connectivity index (χ3v) is 2.05. The highest BCUT2D eigenvalue weighted by Gasteiger charge is 2.15. The van der Waals surface area contributed by atoms with Gasteiger partial charge in [-0.25, -0.2) is 0 Å². The Morgan fingerprint density at radius 1 is 1.38 bits per heavy atom. The third-order valence-electron chi connectivity index (χ3n) is 2.05. The number of hydrogen-bond donors (Lipinski definition) is 0. The molecule has 13 heavy (non-hydrogen) atoms. The van der Waals surface area contributed by atoms with Crippen molar-refractivity contribution in [2.24, 2.45) is 5.41 Å². The van der Waals surface area contributed by atoms with Crippen LogP contribution in [0, 0.1) is 5.41 Å². The average Bonchev–Trinajstić information content (AvgIpc) is 2.00. The maximum atomic E-state index is 11.2. The summed E-state index contributed by atoms with van der Waals surface area (Å²) in [6, 6.07) is 0. The molecule has 0 atom stereocenters. The molecule has 0 rings (SSSR count). The standard InChI is InChI=1S/C11H18O2/c1-5-11(3,4)7-6-10(13)8-9(2)12/h5H,1,6-8H2,2-4H3. The molecule has 2 heteroatoms. The van der Waals surface area contributed by atoms with Crippen LogP contribution < -0.4 is 0 Å². The van der Waals surface area contributed by atoms with Gasteiger partial charge >= 0.3 is 0 Å². The highest BCUT2D eigenvalue weighted by atomic mass is 16.1. The average molecular weight is 182 g/mol. The third kappa shape index (κ3) is 6.26. The molecule has 0 aromatic carbocycles. The second kappa shape index (κ2) is 4.95. The van der Waals surface area contributed by atoms with Crippen LogP contribution in [0.2, 0.25) is 0 Å². The van der Waals surface area contributed by atoms with Gasteiger partial charge in [0.15, 0.2) is 0 Å². The molecule has 0 bridgehead atoms. The molecule has 0 aromatic heterocycles. The first-order chi connectivity index (χ1) is 5.87. The molecule has 0 amide bonds. The SMILES string of the molecule is C=CC(C)(C)CCC(=O)CC(C)=O. The zero-order valence-corrected chi connectivity index (χ0v) is 8.72. The minimum Gasteiger partial charge on any atom is -0.300 e. The van der Waals surface area contributed by atoms with E-state index in [1.54, 1.807) is 0 Å². The second-order valence-corrected chi connectivity index (χ2v) is 4.11. The highest BCUT2D eigenvalue weighted by Crippen LogP contribution is 2.23. The van der Waals surface area contributed by atoms with Gasteiger partial charge in [-0.3, -0.25) is 9.59 Å². The Kier molecular flexibility index (Phi) is 4.60. The van der Waals surface area contributed by atoms with Crippen molar-refractivity contribution in [1.29, 1.82) is 0 Å². The topological polar surface area (TPSA) is 34.1 Å². The fourth-order valence-electron chi connectivity index (χ4n) is 0.930. The highest BCUT2D eigenvalue weighted by molar-refractivity contribution is 5.97. The van der Waals surface area contributed by atoms with Crippen molar-refractivity contribution >= 4 is 11.6 Å². The number of carbonyl (C=O) groups excluding carboxylic acids is 2. The maximum absolute atomic E-state index is 11.2. The van der Waals surface area contributed by atoms with Crippen molar-refractivity contribution in [3.05, 3.63) is 12.7 Å². The van der Waals surface area contributed by atoms with Gasteiger partial charge in [0, 0.05) is 6.42 Å². The maximum Gasteiger partial charge on any atom is 0.140 e. The van der Waals surface area contributed by atoms with Gasteiger partial charge in [0.25, 0.3) is 0 Å². The lowest BCUT2D eigenvalue weighted by atomic mass is 9.87. The first-order valence-electron chi connectivity index (χ1n) is 4.52. The zero-order chi connectivity index (χ0) is 10.5. The molecular weight excluding hydrogens is 164 g/mol. The summed E-state index contributed by atoms with van der Waals surface area (Å²) in [5.41, 5.74) is -0.00749. The Hall–Kier alpha value is -0.920. The summed E-state index contributed by atoms with van der Waals surface area (Å²) < 4.78 is 0. The van der Waals surface area contributed by atoms with Gasteiger partial charge in [-0.15, -0.1) is 6.58 Å². The van der Waals surface area contributed by atoms with Gasteiger partial charge in [0.2, 0.25) is 0 Å². The van der Waals surface area contributed by atoms with Gasteiger partial charge in [0.05, 0.1) is 6.42 Å². The smallest absolute Gasteiger partial charge is 0.140 e. The zero-order valence-electron chi connectivity index (χ0n) is 8.72. The minimum atomic E-state index is -0.0543.